The zero-order chi connectivity index (χ0) is 23.7. The lowest BCUT2D eigenvalue weighted by Crippen LogP contribution is -2.52. The second-order valence-electron chi connectivity index (χ2n) is 9.49. The van der Waals surface area contributed by atoms with Crippen molar-refractivity contribution in [1.82, 2.24) is 20.2 Å². The van der Waals surface area contributed by atoms with Crippen molar-refractivity contribution in [1.29, 1.82) is 0 Å². The molecule has 2 aromatic carbocycles. The molecular formula is C27H30N6O. The summed E-state index contributed by atoms with van der Waals surface area (Å²) >= 11 is 0. The summed E-state index contributed by atoms with van der Waals surface area (Å²) in [6, 6.07) is 19.1. The lowest BCUT2D eigenvalue weighted by Gasteiger charge is -2.41. The summed E-state index contributed by atoms with van der Waals surface area (Å²) in [6.07, 6.45) is 4.18. The van der Waals surface area contributed by atoms with Crippen molar-refractivity contribution in [2.24, 2.45) is 0 Å². The maximum Gasteiger partial charge on any atom is 0.159 e. The van der Waals surface area contributed by atoms with Crippen molar-refractivity contribution < 1.29 is 5.11 Å². The van der Waals surface area contributed by atoms with E-state index in [9.17, 15) is 5.11 Å². The number of aliphatic hydroxyl groups is 1. The second kappa shape index (κ2) is 8.99. The van der Waals surface area contributed by atoms with Crippen molar-refractivity contribution in [3.63, 3.8) is 0 Å². The van der Waals surface area contributed by atoms with Gasteiger partial charge in [0.2, 0.25) is 0 Å². The average Bonchev–Trinajstić information content (AvgIpc) is 2.84. The first-order valence-corrected chi connectivity index (χ1v) is 11.7. The molecule has 4 aromatic rings. The third kappa shape index (κ3) is 4.43. The van der Waals surface area contributed by atoms with Gasteiger partial charge in [0.25, 0.3) is 0 Å². The lowest BCUT2D eigenvalue weighted by molar-refractivity contribution is 0.0734. The highest BCUT2D eigenvalue weighted by atomic mass is 16.3. The monoisotopic (exact) mass is 454 g/mol. The number of nitrogens with zero attached hydrogens (tertiary/aromatic N) is 6. The van der Waals surface area contributed by atoms with E-state index in [-0.39, 0.29) is 6.04 Å². The molecule has 174 valence electrons. The van der Waals surface area contributed by atoms with E-state index in [0.29, 0.717) is 5.69 Å². The van der Waals surface area contributed by atoms with Crippen LogP contribution in [0.5, 0.6) is 0 Å². The minimum absolute atomic E-state index is 0.223. The van der Waals surface area contributed by atoms with Gasteiger partial charge in [0.05, 0.1) is 23.8 Å². The van der Waals surface area contributed by atoms with Gasteiger partial charge in [-0.25, -0.2) is 4.98 Å². The zero-order valence-electron chi connectivity index (χ0n) is 19.9. The Kier molecular flexibility index (Phi) is 5.87. The summed E-state index contributed by atoms with van der Waals surface area (Å²) in [6.45, 7) is 8.06. The highest BCUT2D eigenvalue weighted by Crippen LogP contribution is 2.29. The molecule has 1 saturated heterocycles. The molecule has 3 heterocycles. The maximum absolute atomic E-state index is 10.2. The number of piperazine rings is 1. The van der Waals surface area contributed by atoms with Gasteiger partial charge in [-0.2, -0.15) is 5.10 Å². The molecule has 1 aliphatic rings. The smallest absolute Gasteiger partial charge is 0.159 e. The number of hydrogen-bond acceptors (Lipinski definition) is 7. The van der Waals surface area contributed by atoms with Gasteiger partial charge >= 0.3 is 0 Å². The first-order chi connectivity index (χ1) is 16.4. The number of fused-ring (bicyclic) bond motifs is 1. The fourth-order valence-corrected chi connectivity index (χ4v) is 4.57. The topological polar surface area (TPSA) is 78.3 Å². The third-order valence-electron chi connectivity index (χ3n) is 6.45. The Morgan fingerprint density at radius 2 is 1.65 bits per heavy atom. The van der Waals surface area contributed by atoms with Gasteiger partial charge in [0.1, 0.15) is 11.4 Å². The van der Waals surface area contributed by atoms with E-state index in [1.807, 2.05) is 6.07 Å². The largest absolute Gasteiger partial charge is 0.384 e. The van der Waals surface area contributed by atoms with E-state index >= 15 is 0 Å². The molecule has 34 heavy (non-hydrogen) atoms. The van der Waals surface area contributed by atoms with E-state index < -0.39 is 5.60 Å². The Morgan fingerprint density at radius 1 is 0.912 bits per heavy atom. The Labute approximate surface area is 200 Å². The molecule has 7 nitrogen and oxygen atoms in total. The average molecular weight is 455 g/mol. The van der Waals surface area contributed by atoms with Crippen LogP contribution < -0.4 is 9.80 Å². The molecule has 1 atom stereocenters. The molecule has 0 amide bonds. The van der Waals surface area contributed by atoms with Crippen LogP contribution in [0.25, 0.3) is 10.8 Å². The van der Waals surface area contributed by atoms with Crippen molar-refractivity contribution in [2.75, 3.05) is 29.4 Å². The van der Waals surface area contributed by atoms with E-state index in [1.165, 1.54) is 5.56 Å². The van der Waals surface area contributed by atoms with Gasteiger partial charge in [-0.1, -0.05) is 54.6 Å². The quantitative estimate of drug-likeness (QED) is 0.489. The molecule has 0 radical (unpaired) electrons. The summed E-state index contributed by atoms with van der Waals surface area (Å²) in [5.41, 5.74) is 1.80. The van der Waals surface area contributed by atoms with Gasteiger partial charge < -0.3 is 14.9 Å². The molecular weight excluding hydrogens is 424 g/mol. The highest BCUT2D eigenvalue weighted by Gasteiger charge is 2.28. The minimum Gasteiger partial charge on any atom is -0.384 e. The summed E-state index contributed by atoms with van der Waals surface area (Å²) in [5.74, 6) is 1.76. The molecule has 1 fully saturated rings. The summed E-state index contributed by atoms with van der Waals surface area (Å²) in [5, 5.41) is 21.8. The van der Waals surface area contributed by atoms with E-state index in [2.05, 4.69) is 80.3 Å². The molecule has 1 N–H and O–H groups in total. The van der Waals surface area contributed by atoms with E-state index in [4.69, 9.17) is 5.10 Å². The first kappa shape index (κ1) is 22.2. The molecule has 1 aliphatic heterocycles. The number of benzene rings is 2. The Balaban J connectivity index is 1.38. The molecule has 0 aliphatic carbocycles. The molecule has 7 heteroatoms. The van der Waals surface area contributed by atoms with Gasteiger partial charge in [0, 0.05) is 42.9 Å². The summed E-state index contributed by atoms with van der Waals surface area (Å²) in [7, 11) is 0. The van der Waals surface area contributed by atoms with E-state index in [0.717, 1.165) is 54.2 Å². The van der Waals surface area contributed by atoms with Crippen LogP contribution in [-0.2, 0) is 12.0 Å². The molecule has 0 unspecified atom stereocenters. The number of anilines is 2. The van der Waals surface area contributed by atoms with Crippen LogP contribution >= 0.6 is 0 Å². The molecule has 0 spiro atoms. The fourth-order valence-electron chi connectivity index (χ4n) is 4.57. The minimum atomic E-state index is -0.998. The molecule has 5 rings (SSSR count). The van der Waals surface area contributed by atoms with Gasteiger partial charge in [-0.3, -0.25) is 4.98 Å². The van der Waals surface area contributed by atoms with E-state index in [1.54, 1.807) is 26.2 Å². The van der Waals surface area contributed by atoms with Crippen LogP contribution in [0.4, 0.5) is 11.6 Å². The van der Waals surface area contributed by atoms with Crippen LogP contribution in [0.15, 0.2) is 67.0 Å². The van der Waals surface area contributed by atoms with Crippen LogP contribution in [0.2, 0.25) is 0 Å². The van der Waals surface area contributed by atoms with Crippen molar-refractivity contribution >= 4 is 22.4 Å². The first-order valence-electron chi connectivity index (χ1n) is 11.7. The summed E-state index contributed by atoms with van der Waals surface area (Å²) < 4.78 is 0. The SMILES string of the molecule is C[C@@H]1CN(c2nnc(Cc3ccccc3)c3ccccc23)CCN1c1cnc(C(C)(C)O)cn1. The van der Waals surface area contributed by atoms with Gasteiger partial charge in [0.15, 0.2) is 5.82 Å². The number of rotatable bonds is 5. The maximum atomic E-state index is 10.2. The fraction of sp³-hybridized carbons (Fsp3) is 0.333. The Morgan fingerprint density at radius 3 is 2.32 bits per heavy atom. The van der Waals surface area contributed by atoms with Crippen LogP contribution in [0.1, 0.15) is 37.7 Å². The lowest BCUT2D eigenvalue weighted by atomic mass is 10.0. The standard InChI is InChI=1S/C27H30N6O/c1-19-18-32(13-14-33(19)25-17-28-24(16-29-25)27(2,3)34)26-22-12-8-7-11-21(22)23(30-31-26)15-20-9-5-4-6-10-20/h4-12,16-17,19,34H,13-15,18H2,1-3H3/t19-/m1/s1. The van der Waals surface area contributed by atoms with Crippen LogP contribution in [0.3, 0.4) is 0 Å². The predicted octanol–water partition coefficient (Wildman–Crippen LogP) is 3.95. The van der Waals surface area contributed by atoms with Gasteiger partial charge in [-0.15, -0.1) is 5.10 Å². The van der Waals surface area contributed by atoms with Crippen molar-refractivity contribution in [2.45, 2.75) is 38.8 Å². The number of hydrogen-bond donors (Lipinski definition) is 1. The normalized spacial score (nSPS) is 16.8. The number of aromatic nitrogens is 4. The third-order valence-corrected chi connectivity index (χ3v) is 6.45. The Bertz CT molecular complexity index is 1270. The predicted molar refractivity (Wildman–Crippen MR) is 135 cm³/mol. The van der Waals surface area contributed by atoms with Gasteiger partial charge in [-0.05, 0) is 26.3 Å². The molecule has 0 bridgehead atoms. The Hall–Kier alpha value is -3.58. The molecule has 0 saturated carbocycles. The molecule has 2 aromatic heterocycles. The summed E-state index contributed by atoms with van der Waals surface area (Å²) in [4.78, 5) is 13.6. The zero-order valence-corrected chi connectivity index (χ0v) is 19.9. The second-order valence-corrected chi connectivity index (χ2v) is 9.49. The highest BCUT2D eigenvalue weighted by molar-refractivity contribution is 5.93. The van der Waals surface area contributed by atoms with Crippen LogP contribution in [-0.4, -0.2) is 50.9 Å². The van der Waals surface area contributed by atoms with Crippen LogP contribution in [0, 0.1) is 0 Å². The van der Waals surface area contributed by atoms with Crippen molar-refractivity contribution in [3.8, 4) is 0 Å². The van der Waals surface area contributed by atoms with Crippen molar-refractivity contribution in [3.05, 3.63) is 83.9 Å².